The highest BCUT2D eigenvalue weighted by atomic mass is 35.5. The highest BCUT2D eigenvalue weighted by Crippen LogP contribution is 2.21. The lowest BCUT2D eigenvalue weighted by Gasteiger charge is -2.13. The molecule has 0 bridgehead atoms. The summed E-state index contributed by atoms with van der Waals surface area (Å²) in [5.41, 5.74) is 9.11. The molecule has 1 heterocycles. The molecule has 1 aromatic heterocycles. The van der Waals surface area contributed by atoms with Crippen LogP contribution in [0.1, 0.15) is 11.6 Å². The second kappa shape index (κ2) is 7.22. The average Bonchev–Trinajstić information content (AvgIpc) is 2.61. The smallest absolute Gasteiger partial charge is 0.130 e. The maximum Gasteiger partial charge on any atom is 0.130 e. The van der Waals surface area contributed by atoms with Gasteiger partial charge in [0, 0.05) is 29.2 Å². The Morgan fingerprint density at radius 2 is 1.74 bits per heavy atom. The van der Waals surface area contributed by atoms with Gasteiger partial charge >= 0.3 is 0 Å². The first kappa shape index (κ1) is 15.5. The van der Waals surface area contributed by atoms with Crippen molar-refractivity contribution in [2.24, 2.45) is 5.73 Å². The van der Waals surface area contributed by atoms with Crippen LogP contribution in [0.2, 0.25) is 5.02 Å². The zero-order valence-electron chi connectivity index (χ0n) is 12.5. The number of nitrogens with one attached hydrogen (secondary N) is 1. The van der Waals surface area contributed by atoms with Crippen LogP contribution in [0.5, 0.6) is 0 Å². The second-order valence-corrected chi connectivity index (χ2v) is 5.63. The Balaban J connectivity index is 1.69. The monoisotopic (exact) mass is 324 g/mol. The molecule has 23 heavy (non-hydrogen) atoms. The number of anilines is 1. The number of aromatic nitrogens is 2. The summed E-state index contributed by atoms with van der Waals surface area (Å²) in [6.07, 6.45) is 1.54. The molecule has 3 N–H and O–H groups in total. The Kier molecular flexibility index (Phi) is 4.86. The lowest BCUT2D eigenvalue weighted by molar-refractivity contribution is 0.761. The van der Waals surface area contributed by atoms with Gasteiger partial charge in [0.25, 0.3) is 0 Å². The van der Waals surface area contributed by atoms with Crippen LogP contribution in [-0.4, -0.2) is 16.5 Å². The molecule has 0 aliphatic heterocycles. The van der Waals surface area contributed by atoms with Gasteiger partial charge in [-0.25, -0.2) is 9.97 Å². The molecule has 0 saturated heterocycles. The fourth-order valence-electron chi connectivity index (χ4n) is 2.27. The zero-order chi connectivity index (χ0) is 16.1. The van der Waals surface area contributed by atoms with Crippen LogP contribution in [0.3, 0.4) is 0 Å². The van der Waals surface area contributed by atoms with Crippen molar-refractivity contribution in [1.29, 1.82) is 0 Å². The molecule has 0 amide bonds. The van der Waals surface area contributed by atoms with Crippen LogP contribution in [0, 0.1) is 0 Å². The molecule has 0 saturated carbocycles. The van der Waals surface area contributed by atoms with E-state index in [0.29, 0.717) is 11.6 Å². The Bertz CT molecular complexity index is 759. The molecule has 3 rings (SSSR count). The highest BCUT2D eigenvalue weighted by Gasteiger charge is 2.06. The van der Waals surface area contributed by atoms with Gasteiger partial charge in [-0.1, -0.05) is 54.1 Å². The molecule has 0 fully saturated rings. The molecule has 0 aliphatic carbocycles. The summed E-state index contributed by atoms with van der Waals surface area (Å²) in [5.74, 6) is 0.747. The molecule has 1 atom stereocenters. The highest BCUT2D eigenvalue weighted by molar-refractivity contribution is 6.30. The third kappa shape index (κ3) is 4.06. The average molecular weight is 325 g/mol. The maximum atomic E-state index is 6.19. The first-order valence-corrected chi connectivity index (χ1v) is 7.72. The van der Waals surface area contributed by atoms with Gasteiger partial charge in [-0.05, 0) is 17.7 Å². The Hall–Kier alpha value is -2.43. The first-order chi connectivity index (χ1) is 11.2. The van der Waals surface area contributed by atoms with Crippen molar-refractivity contribution in [3.63, 3.8) is 0 Å². The summed E-state index contributed by atoms with van der Waals surface area (Å²) in [5, 5.41) is 3.97. The minimum Gasteiger partial charge on any atom is -0.368 e. The fourth-order valence-corrected chi connectivity index (χ4v) is 2.39. The van der Waals surface area contributed by atoms with E-state index in [2.05, 4.69) is 15.3 Å². The van der Waals surface area contributed by atoms with Crippen molar-refractivity contribution in [3.8, 4) is 11.3 Å². The van der Waals surface area contributed by atoms with Crippen LogP contribution in [0.15, 0.2) is 67.0 Å². The topological polar surface area (TPSA) is 63.8 Å². The van der Waals surface area contributed by atoms with Gasteiger partial charge in [-0.3, -0.25) is 0 Å². The minimum absolute atomic E-state index is 0.0925. The van der Waals surface area contributed by atoms with Gasteiger partial charge in [0.2, 0.25) is 0 Å². The summed E-state index contributed by atoms with van der Waals surface area (Å²) in [7, 11) is 0. The van der Waals surface area contributed by atoms with Crippen LogP contribution in [-0.2, 0) is 0 Å². The fraction of sp³-hybridized carbons (Fsp3) is 0.111. The van der Waals surface area contributed by atoms with Crippen LogP contribution >= 0.6 is 11.6 Å². The van der Waals surface area contributed by atoms with E-state index < -0.39 is 0 Å². The number of benzene rings is 2. The largest absolute Gasteiger partial charge is 0.368 e. The molecule has 3 aromatic rings. The molecule has 0 aliphatic rings. The SMILES string of the molecule is NC(CNc1cc(-c2ccc(Cl)cc2)ncn1)c1ccccc1. The quantitative estimate of drug-likeness (QED) is 0.747. The summed E-state index contributed by atoms with van der Waals surface area (Å²) < 4.78 is 0. The van der Waals surface area contributed by atoms with Crippen LogP contribution < -0.4 is 11.1 Å². The molecule has 116 valence electrons. The summed E-state index contributed by atoms with van der Waals surface area (Å²) in [4.78, 5) is 8.54. The van der Waals surface area contributed by atoms with Crippen molar-refractivity contribution in [2.45, 2.75) is 6.04 Å². The zero-order valence-corrected chi connectivity index (χ0v) is 13.2. The van der Waals surface area contributed by atoms with Gasteiger partial charge < -0.3 is 11.1 Å². The predicted molar refractivity (Wildman–Crippen MR) is 94.3 cm³/mol. The van der Waals surface area contributed by atoms with Crippen molar-refractivity contribution in [1.82, 2.24) is 9.97 Å². The number of rotatable bonds is 5. The van der Waals surface area contributed by atoms with E-state index in [4.69, 9.17) is 17.3 Å². The second-order valence-electron chi connectivity index (χ2n) is 5.19. The number of hydrogen-bond donors (Lipinski definition) is 2. The molecule has 0 spiro atoms. The van der Waals surface area contributed by atoms with E-state index in [1.54, 1.807) is 6.33 Å². The number of halogens is 1. The van der Waals surface area contributed by atoms with Gasteiger partial charge in [0.05, 0.1) is 5.69 Å². The first-order valence-electron chi connectivity index (χ1n) is 7.35. The molecule has 5 heteroatoms. The van der Waals surface area contributed by atoms with Crippen molar-refractivity contribution < 1.29 is 0 Å². The minimum atomic E-state index is -0.0925. The molecular formula is C18H17ClN4. The van der Waals surface area contributed by atoms with Crippen molar-refractivity contribution in [2.75, 3.05) is 11.9 Å². The molecule has 2 aromatic carbocycles. The summed E-state index contributed by atoms with van der Waals surface area (Å²) in [6, 6.07) is 19.4. The van der Waals surface area contributed by atoms with Crippen molar-refractivity contribution in [3.05, 3.63) is 77.6 Å². The standard InChI is InChI=1S/C18H17ClN4/c19-15-8-6-14(7-9-15)17-10-18(23-12-22-17)21-11-16(20)13-4-2-1-3-5-13/h1-10,12,16H,11,20H2,(H,21,22,23). The van der Waals surface area contributed by atoms with E-state index in [1.807, 2.05) is 60.7 Å². The van der Waals surface area contributed by atoms with E-state index in [0.717, 1.165) is 22.6 Å². The van der Waals surface area contributed by atoms with Crippen LogP contribution in [0.4, 0.5) is 5.82 Å². The van der Waals surface area contributed by atoms with Gasteiger partial charge in [-0.2, -0.15) is 0 Å². The van der Waals surface area contributed by atoms with E-state index in [9.17, 15) is 0 Å². The summed E-state index contributed by atoms with van der Waals surface area (Å²) >= 11 is 5.91. The number of hydrogen-bond acceptors (Lipinski definition) is 4. The Morgan fingerprint density at radius 1 is 1.00 bits per heavy atom. The van der Waals surface area contributed by atoms with Gasteiger partial charge in [-0.15, -0.1) is 0 Å². The third-order valence-corrected chi connectivity index (χ3v) is 3.79. The molecule has 4 nitrogen and oxygen atoms in total. The van der Waals surface area contributed by atoms with E-state index in [-0.39, 0.29) is 6.04 Å². The van der Waals surface area contributed by atoms with Gasteiger partial charge in [0.1, 0.15) is 12.1 Å². The van der Waals surface area contributed by atoms with E-state index >= 15 is 0 Å². The van der Waals surface area contributed by atoms with Crippen LogP contribution in [0.25, 0.3) is 11.3 Å². The lowest BCUT2D eigenvalue weighted by Crippen LogP contribution is -2.20. The third-order valence-electron chi connectivity index (χ3n) is 3.54. The molecule has 1 unspecified atom stereocenters. The Morgan fingerprint density at radius 3 is 2.48 bits per heavy atom. The predicted octanol–water partition coefficient (Wildman–Crippen LogP) is 3.91. The lowest BCUT2D eigenvalue weighted by atomic mass is 10.1. The number of nitrogens with two attached hydrogens (primary N) is 1. The van der Waals surface area contributed by atoms with E-state index in [1.165, 1.54) is 0 Å². The summed E-state index contributed by atoms with van der Waals surface area (Å²) in [6.45, 7) is 0.598. The molecular weight excluding hydrogens is 308 g/mol. The molecule has 0 radical (unpaired) electrons. The van der Waals surface area contributed by atoms with Gasteiger partial charge in [0.15, 0.2) is 0 Å². The maximum absolute atomic E-state index is 6.19. The number of nitrogens with zero attached hydrogens (tertiary/aromatic N) is 2. The Labute approximate surface area is 140 Å². The normalized spacial score (nSPS) is 11.9. The van der Waals surface area contributed by atoms with Crippen molar-refractivity contribution >= 4 is 17.4 Å².